The molecule has 0 aliphatic heterocycles. The molecule has 0 amide bonds. The van der Waals surface area contributed by atoms with E-state index in [4.69, 9.17) is 11.6 Å². The van der Waals surface area contributed by atoms with Crippen molar-refractivity contribution < 1.29 is 9.50 Å². The van der Waals surface area contributed by atoms with E-state index in [1.54, 1.807) is 44.6 Å². The van der Waals surface area contributed by atoms with Gasteiger partial charge in [-0.3, -0.25) is 4.98 Å². The van der Waals surface area contributed by atoms with Crippen LogP contribution in [0.3, 0.4) is 0 Å². The molecule has 0 saturated carbocycles. The fourth-order valence-electron chi connectivity index (χ4n) is 3.62. The Kier molecular flexibility index (Phi) is 6.09. The highest BCUT2D eigenvalue weighted by atomic mass is 35.5. The van der Waals surface area contributed by atoms with Gasteiger partial charge in [0, 0.05) is 35.1 Å². The Bertz CT molecular complexity index is 1260. The van der Waals surface area contributed by atoms with E-state index in [-0.39, 0.29) is 11.9 Å². The van der Waals surface area contributed by atoms with E-state index in [0.29, 0.717) is 28.5 Å². The second-order valence-electron chi connectivity index (χ2n) is 8.19. The third-order valence-electron chi connectivity index (χ3n) is 5.36. The molecule has 5 nitrogen and oxygen atoms in total. The van der Waals surface area contributed by atoms with Gasteiger partial charge in [-0.1, -0.05) is 42.8 Å². The first-order chi connectivity index (χ1) is 15.3. The van der Waals surface area contributed by atoms with E-state index < -0.39 is 5.60 Å². The van der Waals surface area contributed by atoms with Gasteiger partial charge in [0.1, 0.15) is 11.4 Å². The number of nitrogens with one attached hydrogen (secondary N) is 1. The molecular formula is C25H24ClFN4O. The maximum atomic E-state index is 14.4. The van der Waals surface area contributed by atoms with Gasteiger partial charge in [0.15, 0.2) is 5.82 Å². The number of benzene rings is 2. The molecular weight excluding hydrogens is 427 g/mol. The number of fused-ring (bicyclic) bond motifs is 1. The van der Waals surface area contributed by atoms with Crippen molar-refractivity contribution in [3.63, 3.8) is 0 Å². The van der Waals surface area contributed by atoms with E-state index in [1.165, 1.54) is 6.07 Å². The van der Waals surface area contributed by atoms with Crippen LogP contribution < -0.4 is 5.32 Å². The zero-order valence-corrected chi connectivity index (χ0v) is 18.9. The van der Waals surface area contributed by atoms with Crippen molar-refractivity contribution in [2.75, 3.05) is 5.32 Å². The second-order valence-corrected chi connectivity index (χ2v) is 8.60. The van der Waals surface area contributed by atoms with E-state index in [2.05, 4.69) is 20.3 Å². The minimum atomic E-state index is -1.11. The maximum absolute atomic E-state index is 14.4. The Morgan fingerprint density at radius 1 is 1.03 bits per heavy atom. The van der Waals surface area contributed by atoms with Gasteiger partial charge in [0.2, 0.25) is 0 Å². The van der Waals surface area contributed by atoms with Crippen molar-refractivity contribution in [1.82, 2.24) is 15.0 Å². The zero-order chi connectivity index (χ0) is 22.9. The summed E-state index contributed by atoms with van der Waals surface area (Å²) in [6, 6.07) is 12.3. The average molecular weight is 451 g/mol. The number of nitrogens with zero attached hydrogens (tertiary/aromatic N) is 3. The normalized spacial score (nSPS) is 12.7. The maximum Gasteiger partial charge on any atom is 0.159 e. The van der Waals surface area contributed by atoms with Gasteiger partial charge < -0.3 is 10.4 Å². The third-order valence-corrected chi connectivity index (χ3v) is 5.65. The van der Waals surface area contributed by atoms with Crippen LogP contribution in [0.25, 0.3) is 22.0 Å². The molecule has 0 radical (unpaired) electrons. The Morgan fingerprint density at radius 2 is 1.75 bits per heavy atom. The number of aliphatic hydroxyl groups is 1. The van der Waals surface area contributed by atoms with Crippen LogP contribution in [0.1, 0.15) is 44.6 Å². The van der Waals surface area contributed by atoms with Crippen molar-refractivity contribution in [3.8, 4) is 11.1 Å². The van der Waals surface area contributed by atoms with E-state index in [9.17, 15) is 9.50 Å². The van der Waals surface area contributed by atoms with E-state index in [0.717, 1.165) is 22.0 Å². The number of rotatable bonds is 6. The molecule has 2 heterocycles. The average Bonchev–Trinajstić information content (AvgIpc) is 2.78. The largest absolute Gasteiger partial charge is 0.382 e. The lowest BCUT2D eigenvalue weighted by molar-refractivity contribution is 0.0687. The zero-order valence-electron chi connectivity index (χ0n) is 18.1. The molecule has 0 aliphatic rings. The minimum absolute atomic E-state index is 0.252. The first-order valence-corrected chi connectivity index (χ1v) is 10.8. The highest BCUT2D eigenvalue weighted by Crippen LogP contribution is 2.36. The summed E-state index contributed by atoms with van der Waals surface area (Å²) in [4.78, 5) is 13.0. The predicted octanol–water partition coefficient (Wildman–Crippen LogP) is 6.27. The van der Waals surface area contributed by atoms with Gasteiger partial charge in [0.05, 0.1) is 22.3 Å². The van der Waals surface area contributed by atoms with Gasteiger partial charge >= 0.3 is 0 Å². The van der Waals surface area contributed by atoms with Crippen LogP contribution >= 0.6 is 11.6 Å². The number of aromatic nitrogens is 3. The van der Waals surface area contributed by atoms with Crippen molar-refractivity contribution >= 4 is 28.2 Å². The fourth-order valence-corrected chi connectivity index (χ4v) is 3.82. The number of halogens is 2. The summed E-state index contributed by atoms with van der Waals surface area (Å²) in [5, 5.41) is 14.8. The SMILES string of the molecule is CCC(Nc1c(Cl)cnc2ccc(-c3cnc(C(C)(C)O)nc3)cc12)c1ccccc1F. The topological polar surface area (TPSA) is 70.9 Å². The molecule has 0 fully saturated rings. The van der Waals surface area contributed by atoms with Crippen molar-refractivity contribution in [2.45, 2.75) is 38.8 Å². The Morgan fingerprint density at radius 3 is 2.41 bits per heavy atom. The summed E-state index contributed by atoms with van der Waals surface area (Å²) in [5.41, 5.74) is 2.61. The second kappa shape index (κ2) is 8.81. The number of anilines is 1. The summed E-state index contributed by atoms with van der Waals surface area (Å²) >= 11 is 6.53. The van der Waals surface area contributed by atoms with Crippen molar-refractivity contribution in [2.24, 2.45) is 0 Å². The summed E-state index contributed by atoms with van der Waals surface area (Å²) in [6.45, 7) is 5.28. The van der Waals surface area contributed by atoms with Crippen LogP contribution in [0.15, 0.2) is 61.1 Å². The van der Waals surface area contributed by atoms with Crippen LogP contribution in [0, 0.1) is 5.82 Å². The van der Waals surface area contributed by atoms with Crippen molar-refractivity contribution in [1.29, 1.82) is 0 Å². The minimum Gasteiger partial charge on any atom is -0.382 e. The van der Waals surface area contributed by atoms with Gasteiger partial charge in [0.25, 0.3) is 0 Å². The quantitative estimate of drug-likeness (QED) is 0.362. The Hall–Kier alpha value is -3.09. The number of hydrogen-bond donors (Lipinski definition) is 2. The third kappa shape index (κ3) is 4.42. The van der Waals surface area contributed by atoms with Gasteiger partial charge in [-0.15, -0.1) is 0 Å². The molecule has 2 N–H and O–H groups in total. The first kappa shape index (κ1) is 22.1. The lowest BCUT2D eigenvalue weighted by atomic mass is 10.0. The molecule has 1 unspecified atom stereocenters. The smallest absolute Gasteiger partial charge is 0.159 e. The van der Waals surface area contributed by atoms with Crippen LogP contribution in [0.4, 0.5) is 10.1 Å². The standard InChI is InChI=1S/C25H24ClFN4O/c1-4-21(17-7-5-6-8-20(17)27)31-23-18-11-15(9-10-22(18)28-14-19(23)26)16-12-29-24(30-13-16)25(2,3)32/h5-14,21,32H,4H2,1-3H3,(H,28,31). The number of hydrogen-bond acceptors (Lipinski definition) is 5. The van der Waals surface area contributed by atoms with Gasteiger partial charge in [-0.2, -0.15) is 0 Å². The summed E-state index contributed by atoms with van der Waals surface area (Å²) in [5.74, 6) is 0.0934. The lowest BCUT2D eigenvalue weighted by Gasteiger charge is -2.21. The van der Waals surface area contributed by atoms with Gasteiger partial charge in [-0.25, -0.2) is 14.4 Å². The molecule has 7 heteroatoms. The van der Waals surface area contributed by atoms with E-state index >= 15 is 0 Å². The molecule has 0 bridgehead atoms. The number of pyridine rings is 1. The Labute approximate surface area is 191 Å². The monoisotopic (exact) mass is 450 g/mol. The molecule has 0 saturated heterocycles. The molecule has 0 spiro atoms. The van der Waals surface area contributed by atoms with Crippen molar-refractivity contribution in [3.05, 3.63) is 83.3 Å². The fraction of sp³-hybridized carbons (Fsp3) is 0.240. The van der Waals surface area contributed by atoms with Crippen LogP contribution in [-0.2, 0) is 5.60 Å². The van der Waals surface area contributed by atoms with Crippen LogP contribution in [-0.4, -0.2) is 20.1 Å². The lowest BCUT2D eigenvalue weighted by Crippen LogP contribution is -2.19. The molecule has 2 aromatic carbocycles. The molecule has 2 aromatic heterocycles. The molecule has 4 rings (SSSR count). The molecule has 164 valence electrons. The highest BCUT2D eigenvalue weighted by Gasteiger charge is 2.20. The van der Waals surface area contributed by atoms with Crippen LogP contribution in [0.2, 0.25) is 5.02 Å². The molecule has 32 heavy (non-hydrogen) atoms. The highest BCUT2D eigenvalue weighted by molar-refractivity contribution is 6.34. The summed E-state index contributed by atoms with van der Waals surface area (Å²) in [7, 11) is 0. The summed E-state index contributed by atoms with van der Waals surface area (Å²) in [6.07, 6.45) is 5.63. The Balaban J connectivity index is 1.76. The predicted molar refractivity (Wildman–Crippen MR) is 126 cm³/mol. The molecule has 0 aliphatic carbocycles. The summed E-state index contributed by atoms with van der Waals surface area (Å²) < 4.78 is 14.4. The van der Waals surface area contributed by atoms with Gasteiger partial charge in [-0.05, 0) is 44.0 Å². The van der Waals surface area contributed by atoms with E-state index in [1.807, 2.05) is 31.2 Å². The first-order valence-electron chi connectivity index (χ1n) is 10.4. The molecule has 1 atom stereocenters. The molecule has 4 aromatic rings. The van der Waals surface area contributed by atoms with Crippen LogP contribution in [0.5, 0.6) is 0 Å².